The lowest BCUT2D eigenvalue weighted by atomic mass is 10.0. The number of nitrogens with one attached hydrogen (secondary N) is 1. The number of nitrogens with two attached hydrogens (primary N) is 1. The number of nitrogens with zero attached hydrogens (tertiary/aromatic N) is 3. The molecule has 0 saturated carbocycles. The van der Waals surface area contributed by atoms with Crippen molar-refractivity contribution < 1.29 is 0 Å². The average molecular weight is 339 g/mol. The van der Waals surface area contributed by atoms with Crippen LogP contribution in [-0.4, -0.2) is 15.0 Å². The molecule has 0 spiro atoms. The largest absolute Gasteiger partial charge is 0.323 e. The summed E-state index contributed by atoms with van der Waals surface area (Å²) >= 11 is 1.54. The van der Waals surface area contributed by atoms with Gasteiger partial charge in [0.15, 0.2) is 10.9 Å². The third-order valence-corrected chi connectivity index (χ3v) is 4.57. The minimum atomic E-state index is -0.0679. The van der Waals surface area contributed by atoms with Crippen LogP contribution in [-0.2, 0) is 6.42 Å². The molecule has 2 aromatic heterocycles. The van der Waals surface area contributed by atoms with Gasteiger partial charge in [-0.2, -0.15) is 0 Å². The Morgan fingerprint density at radius 1 is 1.17 bits per heavy atom. The Kier molecular flexibility index (Phi) is 5.17. The van der Waals surface area contributed by atoms with Crippen molar-refractivity contribution in [3.05, 3.63) is 64.6 Å². The second kappa shape index (κ2) is 7.51. The summed E-state index contributed by atoms with van der Waals surface area (Å²) in [5.74, 6) is 0.744. The molecular weight excluding hydrogens is 318 g/mol. The minimum absolute atomic E-state index is 0.0679. The number of aromatic nitrogens is 3. The van der Waals surface area contributed by atoms with E-state index >= 15 is 0 Å². The van der Waals surface area contributed by atoms with Crippen molar-refractivity contribution >= 4 is 22.3 Å². The lowest BCUT2D eigenvalue weighted by Crippen LogP contribution is -2.12. The van der Waals surface area contributed by atoms with Crippen molar-refractivity contribution in [2.24, 2.45) is 5.73 Å². The molecule has 1 atom stereocenters. The highest BCUT2D eigenvalue weighted by Gasteiger charge is 2.12. The van der Waals surface area contributed by atoms with Crippen LogP contribution in [0.3, 0.4) is 0 Å². The standard InChI is InChI=1S/C18H21N5S/c1-12-10-20-13(2)17(21-12)23-18-22-16(11-24-18)15(19)9-8-14-6-4-3-5-7-14/h3-7,10-11,15H,8-9,19H2,1-2H3,(H,21,22,23). The summed E-state index contributed by atoms with van der Waals surface area (Å²) in [6, 6.07) is 10.3. The zero-order valence-electron chi connectivity index (χ0n) is 13.9. The Hall–Kier alpha value is -2.31. The Morgan fingerprint density at radius 2 is 1.96 bits per heavy atom. The number of aryl methyl sites for hydroxylation is 3. The molecule has 0 aliphatic carbocycles. The van der Waals surface area contributed by atoms with Gasteiger partial charge in [0.1, 0.15) is 0 Å². The van der Waals surface area contributed by atoms with Crippen LogP contribution < -0.4 is 11.1 Å². The molecule has 0 radical (unpaired) electrons. The van der Waals surface area contributed by atoms with E-state index in [0.29, 0.717) is 0 Å². The fraction of sp³-hybridized carbons (Fsp3) is 0.278. The number of anilines is 2. The van der Waals surface area contributed by atoms with Crippen LogP contribution in [0.25, 0.3) is 0 Å². The number of thiazole rings is 1. The third kappa shape index (κ3) is 4.15. The highest BCUT2D eigenvalue weighted by atomic mass is 32.1. The predicted molar refractivity (Wildman–Crippen MR) is 98.6 cm³/mol. The van der Waals surface area contributed by atoms with Gasteiger partial charge in [0.05, 0.1) is 17.1 Å². The molecule has 0 saturated heterocycles. The van der Waals surface area contributed by atoms with Crippen molar-refractivity contribution in [2.45, 2.75) is 32.7 Å². The van der Waals surface area contributed by atoms with E-state index in [2.05, 4.69) is 44.5 Å². The first-order chi connectivity index (χ1) is 11.6. The zero-order chi connectivity index (χ0) is 16.9. The first-order valence-corrected chi connectivity index (χ1v) is 8.82. The quantitative estimate of drug-likeness (QED) is 0.711. The van der Waals surface area contributed by atoms with Crippen LogP contribution in [0.4, 0.5) is 10.9 Å². The van der Waals surface area contributed by atoms with Crippen LogP contribution in [0, 0.1) is 13.8 Å². The van der Waals surface area contributed by atoms with Gasteiger partial charge < -0.3 is 11.1 Å². The molecular formula is C18H21N5S. The van der Waals surface area contributed by atoms with Gasteiger partial charge in [-0.15, -0.1) is 11.3 Å². The molecule has 0 fully saturated rings. The molecule has 3 rings (SSSR count). The van der Waals surface area contributed by atoms with Gasteiger partial charge in [0.25, 0.3) is 0 Å². The topological polar surface area (TPSA) is 76.7 Å². The second-order valence-electron chi connectivity index (χ2n) is 5.78. The van der Waals surface area contributed by atoms with E-state index < -0.39 is 0 Å². The normalized spacial score (nSPS) is 12.1. The number of hydrogen-bond acceptors (Lipinski definition) is 6. The summed E-state index contributed by atoms with van der Waals surface area (Å²) < 4.78 is 0. The van der Waals surface area contributed by atoms with Gasteiger partial charge in [0.2, 0.25) is 0 Å². The Balaban J connectivity index is 1.63. The van der Waals surface area contributed by atoms with E-state index in [1.165, 1.54) is 16.9 Å². The van der Waals surface area contributed by atoms with E-state index in [1.807, 2.05) is 25.3 Å². The van der Waals surface area contributed by atoms with E-state index in [1.54, 1.807) is 6.20 Å². The number of hydrogen-bond donors (Lipinski definition) is 2. The van der Waals surface area contributed by atoms with Crippen LogP contribution in [0.1, 0.15) is 35.1 Å². The monoisotopic (exact) mass is 339 g/mol. The molecule has 24 heavy (non-hydrogen) atoms. The molecule has 3 N–H and O–H groups in total. The molecule has 0 bridgehead atoms. The highest BCUT2D eigenvalue weighted by Crippen LogP contribution is 2.25. The Labute approximate surface area is 146 Å². The Morgan fingerprint density at radius 3 is 2.75 bits per heavy atom. The van der Waals surface area contributed by atoms with E-state index in [4.69, 9.17) is 5.73 Å². The van der Waals surface area contributed by atoms with Crippen LogP contribution in [0.2, 0.25) is 0 Å². The molecule has 5 nitrogen and oxygen atoms in total. The van der Waals surface area contributed by atoms with Crippen molar-refractivity contribution in [3.63, 3.8) is 0 Å². The predicted octanol–water partition coefficient (Wildman–Crippen LogP) is 3.93. The number of benzene rings is 1. The maximum Gasteiger partial charge on any atom is 0.188 e. The van der Waals surface area contributed by atoms with E-state index in [9.17, 15) is 0 Å². The minimum Gasteiger partial charge on any atom is -0.323 e. The SMILES string of the molecule is Cc1cnc(C)c(Nc2nc(C(N)CCc3ccccc3)cs2)n1. The van der Waals surface area contributed by atoms with Crippen LogP contribution >= 0.6 is 11.3 Å². The molecule has 1 aromatic carbocycles. The molecule has 1 unspecified atom stereocenters. The fourth-order valence-electron chi connectivity index (χ4n) is 2.39. The summed E-state index contributed by atoms with van der Waals surface area (Å²) in [7, 11) is 0. The summed E-state index contributed by atoms with van der Waals surface area (Å²) in [5, 5.41) is 6.05. The third-order valence-electron chi connectivity index (χ3n) is 3.79. The lowest BCUT2D eigenvalue weighted by Gasteiger charge is -2.09. The highest BCUT2D eigenvalue weighted by molar-refractivity contribution is 7.13. The van der Waals surface area contributed by atoms with Crippen molar-refractivity contribution in [3.8, 4) is 0 Å². The second-order valence-corrected chi connectivity index (χ2v) is 6.64. The van der Waals surface area contributed by atoms with Gasteiger partial charge in [-0.1, -0.05) is 30.3 Å². The molecule has 0 amide bonds. The van der Waals surface area contributed by atoms with E-state index in [0.717, 1.165) is 40.9 Å². The summed E-state index contributed by atoms with van der Waals surface area (Å²) in [5.41, 5.74) is 10.2. The smallest absolute Gasteiger partial charge is 0.188 e. The van der Waals surface area contributed by atoms with Crippen molar-refractivity contribution in [1.82, 2.24) is 15.0 Å². The molecule has 3 aromatic rings. The van der Waals surface area contributed by atoms with Crippen molar-refractivity contribution in [2.75, 3.05) is 5.32 Å². The number of rotatable bonds is 6. The first kappa shape index (κ1) is 16.5. The zero-order valence-corrected chi connectivity index (χ0v) is 14.7. The van der Waals surface area contributed by atoms with E-state index in [-0.39, 0.29) is 6.04 Å². The van der Waals surface area contributed by atoms with Gasteiger partial charge in [0, 0.05) is 17.6 Å². The summed E-state index contributed by atoms with van der Waals surface area (Å²) in [4.78, 5) is 13.4. The fourth-order valence-corrected chi connectivity index (χ4v) is 3.16. The van der Waals surface area contributed by atoms with Crippen LogP contribution in [0.5, 0.6) is 0 Å². The molecule has 0 aliphatic rings. The molecule has 0 aliphatic heterocycles. The molecule has 124 valence electrons. The molecule has 6 heteroatoms. The molecule has 2 heterocycles. The first-order valence-electron chi connectivity index (χ1n) is 7.94. The average Bonchev–Trinajstić information content (AvgIpc) is 3.05. The Bertz CT molecular complexity index is 800. The van der Waals surface area contributed by atoms with Gasteiger partial charge in [-0.05, 0) is 32.3 Å². The van der Waals surface area contributed by atoms with Crippen molar-refractivity contribution in [1.29, 1.82) is 0 Å². The summed E-state index contributed by atoms with van der Waals surface area (Å²) in [6.45, 7) is 3.85. The van der Waals surface area contributed by atoms with Crippen LogP contribution in [0.15, 0.2) is 41.9 Å². The maximum atomic E-state index is 6.29. The summed E-state index contributed by atoms with van der Waals surface area (Å²) in [6.07, 6.45) is 3.58. The van der Waals surface area contributed by atoms with Gasteiger partial charge in [-0.25, -0.2) is 9.97 Å². The van der Waals surface area contributed by atoms with Gasteiger partial charge in [-0.3, -0.25) is 4.98 Å². The van der Waals surface area contributed by atoms with Gasteiger partial charge >= 0.3 is 0 Å². The maximum absolute atomic E-state index is 6.29. The lowest BCUT2D eigenvalue weighted by molar-refractivity contribution is 0.637.